The molecule has 0 saturated heterocycles. The van der Waals surface area contributed by atoms with Gasteiger partial charge in [0.2, 0.25) is 0 Å². The maximum atomic E-state index is 5.60. The zero-order chi connectivity index (χ0) is 15.1. The Balaban J connectivity index is 1.97. The van der Waals surface area contributed by atoms with Gasteiger partial charge >= 0.3 is 0 Å². The first-order valence-electron chi connectivity index (χ1n) is 7.42. The quantitative estimate of drug-likeness (QED) is 0.826. The van der Waals surface area contributed by atoms with Gasteiger partial charge in [-0.3, -0.25) is 0 Å². The minimum atomic E-state index is 0.772. The van der Waals surface area contributed by atoms with E-state index >= 15 is 0 Å². The van der Waals surface area contributed by atoms with Crippen molar-refractivity contribution < 1.29 is 4.74 Å². The molecule has 0 radical (unpaired) electrons. The first-order valence-corrected chi connectivity index (χ1v) is 7.42. The first-order chi connectivity index (χ1) is 10.2. The average Bonchev–Trinajstić information content (AvgIpc) is 2.52. The summed E-state index contributed by atoms with van der Waals surface area (Å²) in [7, 11) is 4.11. The van der Waals surface area contributed by atoms with Crippen LogP contribution in [0.25, 0.3) is 0 Å². The van der Waals surface area contributed by atoms with Gasteiger partial charge in [-0.2, -0.15) is 0 Å². The van der Waals surface area contributed by atoms with Crippen LogP contribution in [0.4, 0.5) is 11.4 Å². The van der Waals surface area contributed by atoms with Gasteiger partial charge in [0.15, 0.2) is 0 Å². The van der Waals surface area contributed by atoms with Crippen LogP contribution >= 0.6 is 0 Å². The molecule has 0 aliphatic rings. The molecular formula is C18H24N2O. The minimum absolute atomic E-state index is 0.772. The fraction of sp³-hybridized carbons (Fsp3) is 0.333. The number of nitrogens with one attached hydrogen (secondary N) is 1. The Morgan fingerprint density at radius 2 is 1.71 bits per heavy atom. The predicted octanol–water partition coefficient (Wildman–Crippen LogP) is 4.15. The van der Waals surface area contributed by atoms with E-state index in [0.717, 1.165) is 31.0 Å². The van der Waals surface area contributed by atoms with E-state index in [-0.39, 0.29) is 0 Å². The van der Waals surface area contributed by atoms with Crippen LogP contribution < -0.4 is 15.0 Å². The van der Waals surface area contributed by atoms with Crippen LogP contribution in [0.1, 0.15) is 18.9 Å². The Morgan fingerprint density at radius 1 is 1.00 bits per heavy atom. The van der Waals surface area contributed by atoms with Crippen LogP contribution in [0.5, 0.6) is 5.75 Å². The Bertz CT molecular complexity index is 549. The van der Waals surface area contributed by atoms with Crippen molar-refractivity contribution in [2.45, 2.75) is 19.9 Å². The lowest BCUT2D eigenvalue weighted by Crippen LogP contribution is -2.12. The third kappa shape index (κ3) is 4.42. The molecule has 2 aromatic rings. The zero-order valence-electron chi connectivity index (χ0n) is 13.1. The molecule has 0 spiro atoms. The second kappa shape index (κ2) is 7.58. The topological polar surface area (TPSA) is 24.5 Å². The van der Waals surface area contributed by atoms with Crippen molar-refractivity contribution in [2.24, 2.45) is 0 Å². The average molecular weight is 284 g/mol. The number of para-hydroxylation sites is 2. The molecule has 0 bridgehead atoms. The molecule has 0 aliphatic heterocycles. The van der Waals surface area contributed by atoms with E-state index in [0.29, 0.717) is 0 Å². The summed E-state index contributed by atoms with van der Waals surface area (Å²) < 4.78 is 5.60. The highest BCUT2D eigenvalue weighted by Crippen LogP contribution is 2.24. The standard InChI is InChI=1S/C18H24N2O/c1-4-13-21-16-11-9-15(10-12-16)14-19-17-7-5-6-8-18(17)20(2)3/h5-12,19H,4,13-14H2,1-3H3. The number of ether oxygens (including phenoxy) is 1. The van der Waals surface area contributed by atoms with Gasteiger partial charge in [0, 0.05) is 20.6 Å². The van der Waals surface area contributed by atoms with Crippen LogP contribution in [0.2, 0.25) is 0 Å². The maximum absolute atomic E-state index is 5.60. The van der Waals surface area contributed by atoms with E-state index in [1.807, 2.05) is 12.1 Å². The zero-order valence-corrected chi connectivity index (χ0v) is 13.1. The van der Waals surface area contributed by atoms with Crippen molar-refractivity contribution in [3.63, 3.8) is 0 Å². The van der Waals surface area contributed by atoms with Crippen molar-refractivity contribution in [2.75, 3.05) is 30.9 Å². The molecule has 2 rings (SSSR count). The van der Waals surface area contributed by atoms with Gasteiger partial charge in [-0.1, -0.05) is 31.2 Å². The summed E-state index contributed by atoms with van der Waals surface area (Å²) >= 11 is 0. The lowest BCUT2D eigenvalue weighted by Gasteiger charge is -2.18. The van der Waals surface area contributed by atoms with Crippen LogP contribution in [-0.2, 0) is 6.54 Å². The molecule has 0 aromatic heterocycles. The lowest BCUT2D eigenvalue weighted by atomic mass is 10.2. The third-order valence-electron chi connectivity index (χ3n) is 3.27. The summed E-state index contributed by atoms with van der Waals surface area (Å²) in [6, 6.07) is 16.6. The number of benzene rings is 2. The number of hydrogen-bond donors (Lipinski definition) is 1. The maximum Gasteiger partial charge on any atom is 0.119 e. The monoisotopic (exact) mass is 284 g/mol. The highest BCUT2D eigenvalue weighted by Gasteiger charge is 2.03. The normalized spacial score (nSPS) is 10.2. The van der Waals surface area contributed by atoms with Crippen molar-refractivity contribution in [1.82, 2.24) is 0 Å². The van der Waals surface area contributed by atoms with Gasteiger partial charge in [0.05, 0.1) is 18.0 Å². The Hall–Kier alpha value is -2.16. The largest absolute Gasteiger partial charge is 0.494 e. The molecule has 112 valence electrons. The van der Waals surface area contributed by atoms with Gasteiger partial charge in [-0.25, -0.2) is 0 Å². The van der Waals surface area contributed by atoms with Crippen LogP contribution in [-0.4, -0.2) is 20.7 Å². The predicted molar refractivity (Wildman–Crippen MR) is 90.3 cm³/mol. The van der Waals surface area contributed by atoms with Gasteiger partial charge in [-0.15, -0.1) is 0 Å². The molecule has 3 heteroatoms. The lowest BCUT2D eigenvalue weighted by molar-refractivity contribution is 0.317. The van der Waals surface area contributed by atoms with Crippen LogP contribution in [0.3, 0.4) is 0 Å². The van der Waals surface area contributed by atoms with E-state index in [4.69, 9.17) is 4.74 Å². The number of rotatable bonds is 7. The molecule has 0 atom stereocenters. The number of nitrogens with zero attached hydrogens (tertiary/aromatic N) is 1. The third-order valence-corrected chi connectivity index (χ3v) is 3.27. The Morgan fingerprint density at radius 3 is 2.38 bits per heavy atom. The van der Waals surface area contributed by atoms with Gasteiger partial charge in [-0.05, 0) is 36.2 Å². The summed E-state index contributed by atoms with van der Waals surface area (Å²) in [5, 5.41) is 3.49. The number of anilines is 2. The molecule has 21 heavy (non-hydrogen) atoms. The fourth-order valence-corrected chi connectivity index (χ4v) is 2.13. The van der Waals surface area contributed by atoms with Crippen molar-refractivity contribution in [1.29, 1.82) is 0 Å². The highest BCUT2D eigenvalue weighted by atomic mass is 16.5. The SMILES string of the molecule is CCCOc1ccc(CNc2ccccc2N(C)C)cc1. The Labute approximate surface area is 127 Å². The molecule has 1 N–H and O–H groups in total. The second-order valence-corrected chi connectivity index (χ2v) is 5.26. The summed E-state index contributed by atoms with van der Waals surface area (Å²) in [6.07, 6.45) is 1.03. The molecule has 3 nitrogen and oxygen atoms in total. The molecule has 0 heterocycles. The van der Waals surface area contributed by atoms with Crippen molar-refractivity contribution in [3.05, 3.63) is 54.1 Å². The van der Waals surface area contributed by atoms with Crippen LogP contribution in [0, 0.1) is 0 Å². The first kappa shape index (κ1) is 15.2. The van der Waals surface area contributed by atoms with Crippen molar-refractivity contribution >= 4 is 11.4 Å². The molecule has 2 aromatic carbocycles. The van der Waals surface area contributed by atoms with E-state index in [2.05, 4.69) is 67.6 Å². The minimum Gasteiger partial charge on any atom is -0.494 e. The molecular weight excluding hydrogens is 260 g/mol. The van der Waals surface area contributed by atoms with E-state index < -0.39 is 0 Å². The van der Waals surface area contributed by atoms with E-state index in [1.54, 1.807) is 0 Å². The molecule has 0 fully saturated rings. The fourth-order valence-electron chi connectivity index (χ4n) is 2.13. The van der Waals surface area contributed by atoms with E-state index in [1.165, 1.54) is 11.3 Å². The van der Waals surface area contributed by atoms with Gasteiger partial charge in [0.1, 0.15) is 5.75 Å². The molecule has 0 amide bonds. The summed E-state index contributed by atoms with van der Waals surface area (Å²) in [4.78, 5) is 2.12. The van der Waals surface area contributed by atoms with Crippen molar-refractivity contribution in [3.8, 4) is 5.75 Å². The smallest absolute Gasteiger partial charge is 0.119 e. The summed E-state index contributed by atoms with van der Waals surface area (Å²) in [5.41, 5.74) is 3.58. The van der Waals surface area contributed by atoms with Gasteiger partial charge < -0.3 is 15.0 Å². The molecule has 0 unspecified atom stereocenters. The summed E-state index contributed by atoms with van der Waals surface area (Å²) in [6.45, 7) is 3.69. The number of hydrogen-bond acceptors (Lipinski definition) is 3. The van der Waals surface area contributed by atoms with E-state index in [9.17, 15) is 0 Å². The molecule has 0 aliphatic carbocycles. The van der Waals surface area contributed by atoms with Crippen LogP contribution in [0.15, 0.2) is 48.5 Å². The second-order valence-electron chi connectivity index (χ2n) is 5.26. The van der Waals surface area contributed by atoms with Gasteiger partial charge in [0.25, 0.3) is 0 Å². The summed E-state index contributed by atoms with van der Waals surface area (Å²) in [5.74, 6) is 0.939. The Kier molecular flexibility index (Phi) is 5.50. The molecule has 0 saturated carbocycles. The highest BCUT2D eigenvalue weighted by molar-refractivity contribution is 5.69.